The van der Waals surface area contributed by atoms with E-state index in [0.717, 1.165) is 5.56 Å². The number of hydrogen-bond acceptors (Lipinski definition) is 5. The predicted molar refractivity (Wildman–Crippen MR) is 128 cm³/mol. The minimum absolute atomic E-state index is 0.222. The van der Waals surface area contributed by atoms with Crippen LogP contribution in [-0.2, 0) is 9.53 Å². The van der Waals surface area contributed by atoms with Crippen molar-refractivity contribution in [2.24, 2.45) is 4.99 Å². The Balaban J connectivity index is 1.88. The molecule has 0 unspecified atom stereocenters. The SMILES string of the molecule is CCOC(=O)C1=C(C)N=c2sc(=C/C=C\c3ccccc3)c(=O)n2[C@@H]1c1ccccc1Cl. The van der Waals surface area contributed by atoms with Gasteiger partial charge in [-0.25, -0.2) is 9.79 Å². The van der Waals surface area contributed by atoms with Crippen LogP contribution in [0.25, 0.3) is 12.2 Å². The van der Waals surface area contributed by atoms with Gasteiger partial charge in [-0.3, -0.25) is 9.36 Å². The van der Waals surface area contributed by atoms with Crippen LogP contribution in [0.4, 0.5) is 0 Å². The first-order valence-electron chi connectivity index (χ1n) is 10.2. The van der Waals surface area contributed by atoms with E-state index in [1.54, 1.807) is 26.0 Å². The first-order chi connectivity index (χ1) is 15.5. The van der Waals surface area contributed by atoms with Crippen LogP contribution in [0.15, 0.2) is 81.7 Å². The molecule has 1 atom stereocenters. The Morgan fingerprint density at radius 3 is 2.62 bits per heavy atom. The molecule has 4 rings (SSSR count). The topological polar surface area (TPSA) is 60.7 Å². The summed E-state index contributed by atoms with van der Waals surface area (Å²) in [5, 5.41) is 0.465. The molecule has 0 saturated heterocycles. The van der Waals surface area contributed by atoms with Crippen molar-refractivity contribution < 1.29 is 9.53 Å². The van der Waals surface area contributed by atoms with Crippen LogP contribution in [0.5, 0.6) is 0 Å². The van der Waals surface area contributed by atoms with Crippen molar-refractivity contribution in [1.29, 1.82) is 0 Å². The standard InChI is InChI=1S/C25H21ClN2O3S/c1-3-31-24(30)21-16(2)27-25-28(22(21)18-13-7-8-14-19(18)26)23(29)20(32-25)15-9-12-17-10-5-4-6-11-17/h4-15,22H,3H2,1-2H3/b12-9-,20-15?/t22-/m1/s1. The summed E-state index contributed by atoms with van der Waals surface area (Å²) in [5.74, 6) is -0.503. The summed E-state index contributed by atoms with van der Waals surface area (Å²) in [6.07, 6.45) is 5.54. The Kier molecular flexibility index (Phi) is 6.53. The zero-order valence-electron chi connectivity index (χ0n) is 17.6. The van der Waals surface area contributed by atoms with Gasteiger partial charge in [0.25, 0.3) is 5.56 Å². The summed E-state index contributed by atoms with van der Waals surface area (Å²) in [5.41, 5.74) is 2.29. The highest BCUT2D eigenvalue weighted by Crippen LogP contribution is 2.34. The number of carbonyl (C=O) groups excluding carboxylic acids is 1. The number of nitrogens with zero attached hydrogens (tertiary/aromatic N) is 2. The van der Waals surface area contributed by atoms with Crippen molar-refractivity contribution in [3.63, 3.8) is 0 Å². The van der Waals surface area contributed by atoms with Gasteiger partial charge in [0, 0.05) is 5.02 Å². The average molecular weight is 465 g/mol. The average Bonchev–Trinajstić information content (AvgIpc) is 3.09. The number of fused-ring (bicyclic) bond motifs is 1. The minimum atomic E-state index is -0.709. The fourth-order valence-electron chi connectivity index (χ4n) is 3.61. The summed E-state index contributed by atoms with van der Waals surface area (Å²) in [4.78, 5) is 31.3. The molecule has 0 aliphatic carbocycles. The van der Waals surface area contributed by atoms with Crippen molar-refractivity contribution >= 4 is 41.1 Å². The van der Waals surface area contributed by atoms with Gasteiger partial charge in [0.05, 0.1) is 22.4 Å². The lowest BCUT2D eigenvalue weighted by Gasteiger charge is -2.25. The van der Waals surface area contributed by atoms with E-state index < -0.39 is 12.0 Å². The summed E-state index contributed by atoms with van der Waals surface area (Å²) in [6, 6.07) is 16.3. The Morgan fingerprint density at radius 2 is 1.91 bits per heavy atom. The predicted octanol–water partition coefficient (Wildman–Crippen LogP) is 4.12. The normalized spacial score (nSPS) is 16.2. The quantitative estimate of drug-likeness (QED) is 0.534. The van der Waals surface area contributed by atoms with E-state index in [4.69, 9.17) is 16.3 Å². The first-order valence-corrected chi connectivity index (χ1v) is 11.4. The van der Waals surface area contributed by atoms with E-state index in [-0.39, 0.29) is 12.2 Å². The van der Waals surface area contributed by atoms with Crippen molar-refractivity contribution in [3.8, 4) is 0 Å². The van der Waals surface area contributed by atoms with Crippen molar-refractivity contribution in [2.45, 2.75) is 19.9 Å². The lowest BCUT2D eigenvalue weighted by Crippen LogP contribution is -2.40. The Hall–Kier alpha value is -3.22. The molecule has 0 radical (unpaired) electrons. The molecular weight excluding hydrogens is 444 g/mol. The molecular formula is C25H21ClN2O3S. The molecule has 0 bridgehead atoms. The van der Waals surface area contributed by atoms with Crippen LogP contribution in [0, 0.1) is 0 Å². The number of aromatic nitrogens is 1. The molecule has 0 saturated carbocycles. The van der Waals surface area contributed by atoms with E-state index in [1.165, 1.54) is 15.9 Å². The summed E-state index contributed by atoms with van der Waals surface area (Å²) >= 11 is 7.77. The maximum absolute atomic E-state index is 13.4. The molecule has 0 N–H and O–H groups in total. The smallest absolute Gasteiger partial charge is 0.338 e. The molecule has 2 heterocycles. The lowest BCUT2D eigenvalue weighted by molar-refractivity contribution is -0.139. The number of hydrogen-bond donors (Lipinski definition) is 0. The molecule has 5 nitrogen and oxygen atoms in total. The molecule has 162 valence electrons. The van der Waals surface area contributed by atoms with E-state index in [1.807, 2.05) is 60.7 Å². The number of halogens is 1. The summed E-state index contributed by atoms with van der Waals surface area (Å²) < 4.78 is 7.34. The monoisotopic (exact) mass is 464 g/mol. The third-order valence-corrected chi connectivity index (χ3v) is 6.40. The van der Waals surface area contributed by atoms with Gasteiger partial charge in [-0.1, -0.05) is 83.6 Å². The molecule has 0 amide bonds. The lowest BCUT2D eigenvalue weighted by atomic mass is 9.96. The highest BCUT2D eigenvalue weighted by atomic mass is 35.5. The molecule has 3 aromatic rings. The second-order valence-electron chi connectivity index (χ2n) is 7.12. The number of rotatable bonds is 5. The van der Waals surface area contributed by atoms with Crippen LogP contribution in [-0.4, -0.2) is 17.1 Å². The van der Waals surface area contributed by atoms with Crippen LogP contribution < -0.4 is 14.9 Å². The molecule has 1 aromatic heterocycles. The molecule has 0 fully saturated rings. The Labute approximate surface area is 194 Å². The maximum atomic E-state index is 13.4. The number of esters is 1. The maximum Gasteiger partial charge on any atom is 0.338 e. The molecule has 2 aromatic carbocycles. The molecule has 0 spiro atoms. The van der Waals surface area contributed by atoms with Gasteiger partial charge in [-0.15, -0.1) is 0 Å². The van der Waals surface area contributed by atoms with Crippen LogP contribution in [0.1, 0.15) is 31.0 Å². The van der Waals surface area contributed by atoms with Gasteiger partial charge in [0.15, 0.2) is 4.80 Å². The van der Waals surface area contributed by atoms with E-state index in [2.05, 4.69) is 4.99 Å². The molecule has 32 heavy (non-hydrogen) atoms. The second kappa shape index (κ2) is 9.51. The van der Waals surface area contributed by atoms with Gasteiger partial charge in [0.2, 0.25) is 0 Å². The molecule has 7 heteroatoms. The van der Waals surface area contributed by atoms with Gasteiger partial charge in [0.1, 0.15) is 6.04 Å². The highest BCUT2D eigenvalue weighted by molar-refractivity contribution is 7.07. The fourth-order valence-corrected chi connectivity index (χ4v) is 4.84. The highest BCUT2D eigenvalue weighted by Gasteiger charge is 2.34. The van der Waals surface area contributed by atoms with Crippen molar-refractivity contribution in [1.82, 2.24) is 4.57 Å². The Bertz CT molecular complexity index is 1400. The number of allylic oxidation sites excluding steroid dienone is 2. The van der Waals surface area contributed by atoms with Crippen LogP contribution in [0.2, 0.25) is 5.02 Å². The minimum Gasteiger partial charge on any atom is -0.463 e. The summed E-state index contributed by atoms with van der Waals surface area (Å²) in [7, 11) is 0. The zero-order valence-corrected chi connectivity index (χ0v) is 19.2. The van der Waals surface area contributed by atoms with Gasteiger partial charge in [-0.05, 0) is 37.1 Å². The van der Waals surface area contributed by atoms with Gasteiger partial charge in [-0.2, -0.15) is 0 Å². The largest absolute Gasteiger partial charge is 0.463 e. The van der Waals surface area contributed by atoms with Gasteiger partial charge >= 0.3 is 5.97 Å². The fraction of sp³-hybridized carbons (Fsp3) is 0.160. The van der Waals surface area contributed by atoms with Gasteiger partial charge < -0.3 is 4.74 Å². The third kappa shape index (κ3) is 4.24. The van der Waals surface area contributed by atoms with Crippen LogP contribution >= 0.6 is 22.9 Å². The van der Waals surface area contributed by atoms with Crippen molar-refractivity contribution in [2.75, 3.05) is 6.61 Å². The molecule has 1 aliphatic rings. The zero-order chi connectivity index (χ0) is 22.7. The number of ether oxygens (including phenoxy) is 1. The third-order valence-electron chi connectivity index (χ3n) is 5.05. The Morgan fingerprint density at radius 1 is 1.19 bits per heavy atom. The number of thiazole rings is 1. The first kappa shape index (κ1) is 22.0. The van der Waals surface area contributed by atoms with Crippen molar-refractivity contribution in [3.05, 3.63) is 108 Å². The van der Waals surface area contributed by atoms with E-state index in [9.17, 15) is 9.59 Å². The summed E-state index contributed by atoms with van der Waals surface area (Å²) in [6.45, 7) is 3.72. The second-order valence-corrected chi connectivity index (χ2v) is 8.53. The van der Waals surface area contributed by atoms with E-state index in [0.29, 0.717) is 31.2 Å². The molecule has 1 aliphatic heterocycles. The number of benzene rings is 2. The van der Waals surface area contributed by atoms with Crippen LogP contribution in [0.3, 0.4) is 0 Å². The number of carbonyl (C=O) groups is 1. The van der Waals surface area contributed by atoms with E-state index >= 15 is 0 Å².